The van der Waals surface area contributed by atoms with Gasteiger partial charge in [-0.2, -0.15) is 0 Å². The SMILES string of the molecule is CCC/C=C/CCC(CC/C=C/CCCCCCCCCC(CCCCCCC)OC(=O)CCCN(CCCC(=O)OC(CCCCCCC)CCCCCCC)C(=O)SCCCN(CC)CC)OC(=O)CCCN(CCCC(=O)OC/C=C\CCCCCC)C(=O)SCCN(C)C. The van der Waals surface area contributed by atoms with Crippen LogP contribution in [0.2, 0.25) is 0 Å². The molecule has 0 saturated heterocycles. The summed E-state index contributed by atoms with van der Waals surface area (Å²) in [5, 5.41) is -0.00433. The molecule has 98 heavy (non-hydrogen) atoms. The molecule has 2 amide bonds. The molecule has 14 nitrogen and oxygen atoms in total. The molecular formula is C82H152N4O10S2. The largest absolute Gasteiger partial charge is 0.462 e. The molecule has 0 aliphatic heterocycles. The summed E-state index contributed by atoms with van der Waals surface area (Å²) in [6, 6.07) is 0. The average Bonchev–Trinajstić information content (AvgIpc) is 1.73. The summed E-state index contributed by atoms with van der Waals surface area (Å²) in [5.74, 6) is 0.600. The number of ether oxygens (including phenoxy) is 4. The Balaban J connectivity index is 5.25. The lowest BCUT2D eigenvalue weighted by atomic mass is 10.0. The third kappa shape index (κ3) is 62.4. The predicted molar refractivity (Wildman–Crippen MR) is 419 cm³/mol. The number of allylic oxidation sites excluding steroid dienone is 5. The number of rotatable bonds is 71. The van der Waals surface area contributed by atoms with Gasteiger partial charge in [0.1, 0.15) is 24.9 Å². The van der Waals surface area contributed by atoms with Crippen LogP contribution in [-0.2, 0) is 38.1 Å². The maximum absolute atomic E-state index is 13.7. The normalized spacial score (nSPS) is 12.4. The Labute approximate surface area is 611 Å². The zero-order valence-corrected chi connectivity index (χ0v) is 66.5. The van der Waals surface area contributed by atoms with E-state index in [1.54, 1.807) is 4.90 Å². The van der Waals surface area contributed by atoms with Gasteiger partial charge in [0, 0.05) is 69.9 Å². The highest BCUT2D eigenvalue weighted by Crippen LogP contribution is 2.23. The monoisotopic (exact) mass is 1420 g/mol. The molecule has 572 valence electrons. The summed E-state index contributed by atoms with van der Waals surface area (Å²) < 4.78 is 23.9. The third-order valence-corrected chi connectivity index (χ3v) is 20.2. The van der Waals surface area contributed by atoms with E-state index in [2.05, 4.69) is 88.6 Å². The summed E-state index contributed by atoms with van der Waals surface area (Å²) in [4.78, 5) is 87.7. The fourth-order valence-corrected chi connectivity index (χ4v) is 13.8. The lowest BCUT2D eigenvalue weighted by Gasteiger charge is -2.23. The van der Waals surface area contributed by atoms with Crippen molar-refractivity contribution in [2.45, 2.75) is 369 Å². The average molecular weight is 1420 g/mol. The maximum Gasteiger partial charge on any atom is 0.306 e. The second-order valence-corrected chi connectivity index (χ2v) is 29.8. The first-order valence-corrected chi connectivity index (χ1v) is 42.6. The molecule has 0 aromatic carbocycles. The molecule has 0 radical (unpaired) electrons. The molecule has 0 fully saturated rings. The van der Waals surface area contributed by atoms with E-state index < -0.39 is 0 Å². The van der Waals surface area contributed by atoms with E-state index in [1.807, 2.05) is 25.1 Å². The first-order chi connectivity index (χ1) is 47.8. The molecule has 0 saturated carbocycles. The molecular weight excluding hydrogens is 1270 g/mol. The van der Waals surface area contributed by atoms with Gasteiger partial charge in [-0.3, -0.25) is 28.8 Å². The minimum absolute atomic E-state index is 0.0248. The lowest BCUT2D eigenvalue weighted by molar-refractivity contribution is -0.151. The van der Waals surface area contributed by atoms with Crippen LogP contribution in [-0.4, -0.2) is 157 Å². The Kier molecular flexibility index (Phi) is 69.6. The Bertz CT molecular complexity index is 1960. The molecule has 0 aromatic rings. The molecule has 0 spiro atoms. The number of carbonyl (C=O) groups excluding carboxylic acids is 6. The number of nitrogens with zero attached hydrogens (tertiary/aromatic N) is 4. The van der Waals surface area contributed by atoms with Gasteiger partial charge >= 0.3 is 23.9 Å². The van der Waals surface area contributed by atoms with Crippen LogP contribution in [0.1, 0.15) is 350 Å². The molecule has 0 aromatic heterocycles. The van der Waals surface area contributed by atoms with E-state index in [1.165, 1.54) is 139 Å². The first-order valence-electron chi connectivity index (χ1n) is 40.7. The molecule has 0 bridgehead atoms. The Morgan fingerprint density at radius 2 is 0.653 bits per heavy atom. The molecule has 0 aliphatic carbocycles. The highest BCUT2D eigenvalue weighted by atomic mass is 32.2. The highest BCUT2D eigenvalue weighted by molar-refractivity contribution is 8.13. The molecule has 0 heterocycles. The maximum atomic E-state index is 13.7. The van der Waals surface area contributed by atoms with E-state index in [-0.39, 0.29) is 78.5 Å². The van der Waals surface area contributed by atoms with Crippen molar-refractivity contribution in [2.75, 3.05) is 84.6 Å². The van der Waals surface area contributed by atoms with Crippen molar-refractivity contribution in [1.29, 1.82) is 0 Å². The number of thioether (sulfide) groups is 2. The van der Waals surface area contributed by atoms with Gasteiger partial charge in [0.25, 0.3) is 10.5 Å². The van der Waals surface area contributed by atoms with Crippen molar-refractivity contribution in [3.8, 4) is 0 Å². The van der Waals surface area contributed by atoms with Crippen LogP contribution in [0.4, 0.5) is 9.59 Å². The molecule has 2 atom stereocenters. The Morgan fingerprint density at radius 3 is 1.05 bits per heavy atom. The second-order valence-electron chi connectivity index (χ2n) is 27.7. The molecule has 2 unspecified atom stereocenters. The summed E-state index contributed by atoms with van der Waals surface area (Å²) in [6.07, 6.45) is 58.6. The zero-order valence-electron chi connectivity index (χ0n) is 64.9. The van der Waals surface area contributed by atoms with Crippen LogP contribution in [0.5, 0.6) is 0 Å². The van der Waals surface area contributed by atoms with Gasteiger partial charge in [0.05, 0.1) is 0 Å². The van der Waals surface area contributed by atoms with Crippen LogP contribution in [0.25, 0.3) is 0 Å². The van der Waals surface area contributed by atoms with Crippen molar-refractivity contribution < 1.29 is 47.7 Å². The van der Waals surface area contributed by atoms with Gasteiger partial charge < -0.3 is 38.5 Å². The van der Waals surface area contributed by atoms with Crippen molar-refractivity contribution >= 4 is 57.9 Å². The van der Waals surface area contributed by atoms with Crippen LogP contribution in [0.15, 0.2) is 36.5 Å². The second kappa shape index (κ2) is 72.0. The topological polar surface area (TPSA) is 152 Å². The zero-order chi connectivity index (χ0) is 72.0. The number of amides is 2. The minimum atomic E-state index is -0.261. The molecule has 16 heteroatoms. The van der Waals surface area contributed by atoms with E-state index in [0.717, 1.165) is 167 Å². The smallest absolute Gasteiger partial charge is 0.306 e. The quantitative estimate of drug-likeness (QED) is 0.0246. The van der Waals surface area contributed by atoms with Gasteiger partial charge in [-0.25, -0.2) is 0 Å². The summed E-state index contributed by atoms with van der Waals surface area (Å²) in [5.41, 5.74) is 0. The predicted octanol–water partition coefficient (Wildman–Crippen LogP) is 22.6. The standard InChI is InChI=1S/C82H152N4O10S2/c1-10-17-22-27-35-42-49-71-93-77(87)61-50-66-86(82(92)98-73-70-83(8)9)69-53-64-80(90)96-76(58-46-39-26-21-14-5)60-48-41-34-32-30-28-29-31-33-40-47-59-75(57-45-38-25-20-13-4)95-79(89)63-52-68-85(81(91)97-72-54-65-84(15-6)16-7)67-51-62-78(88)94-74(55-43-36-23-18-11-2)56-44-37-24-19-12-3/h26,34,39,41-42,49,74-76H,10-25,27-33,35-38,40,43-48,50-73H2,1-9H3/b39-26+,41-34+,49-42-. The van der Waals surface area contributed by atoms with E-state index in [9.17, 15) is 28.8 Å². The van der Waals surface area contributed by atoms with Crippen LogP contribution in [0, 0.1) is 0 Å². The van der Waals surface area contributed by atoms with Gasteiger partial charge in [-0.05, 0) is 175 Å². The molecule has 0 N–H and O–H groups in total. The summed E-state index contributed by atoms with van der Waals surface area (Å²) >= 11 is 2.65. The van der Waals surface area contributed by atoms with Gasteiger partial charge in [0.15, 0.2) is 0 Å². The van der Waals surface area contributed by atoms with Crippen molar-refractivity contribution in [3.05, 3.63) is 36.5 Å². The Morgan fingerprint density at radius 1 is 0.316 bits per heavy atom. The van der Waals surface area contributed by atoms with Crippen molar-refractivity contribution in [1.82, 2.24) is 19.6 Å². The number of hydrogen-bond acceptors (Lipinski definition) is 14. The summed E-state index contributed by atoms with van der Waals surface area (Å²) in [6.45, 7) is 21.2. The molecule has 0 aliphatic rings. The fourth-order valence-electron chi connectivity index (χ4n) is 12.0. The van der Waals surface area contributed by atoms with Gasteiger partial charge in [-0.1, -0.05) is 243 Å². The van der Waals surface area contributed by atoms with Crippen LogP contribution >= 0.6 is 23.5 Å². The number of hydrogen-bond donors (Lipinski definition) is 0. The first kappa shape index (κ1) is 94.7. The van der Waals surface area contributed by atoms with Gasteiger partial charge in [0.2, 0.25) is 0 Å². The van der Waals surface area contributed by atoms with Gasteiger partial charge in [-0.15, -0.1) is 0 Å². The fraction of sp³-hybridized carbons (Fsp3) is 0.854. The molecule has 0 rings (SSSR count). The van der Waals surface area contributed by atoms with Crippen LogP contribution in [0.3, 0.4) is 0 Å². The lowest BCUT2D eigenvalue weighted by Crippen LogP contribution is -2.31. The number of esters is 4. The number of carbonyl (C=O) groups is 6. The van der Waals surface area contributed by atoms with E-state index >= 15 is 0 Å². The van der Waals surface area contributed by atoms with Crippen molar-refractivity contribution in [2.24, 2.45) is 0 Å². The van der Waals surface area contributed by atoms with Crippen molar-refractivity contribution in [3.63, 3.8) is 0 Å². The Hall–Kier alpha value is -3.34. The summed E-state index contributed by atoms with van der Waals surface area (Å²) in [7, 11) is 3.98. The number of unbranched alkanes of at least 4 members (excludes halogenated alkanes) is 24. The third-order valence-electron chi connectivity index (χ3n) is 18.3. The van der Waals surface area contributed by atoms with Crippen LogP contribution < -0.4 is 0 Å². The highest BCUT2D eigenvalue weighted by Gasteiger charge is 2.22. The van der Waals surface area contributed by atoms with E-state index in [4.69, 9.17) is 18.9 Å². The minimum Gasteiger partial charge on any atom is -0.462 e. The van der Waals surface area contributed by atoms with E-state index in [0.29, 0.717) is 64.0 Å².